The highest BCUT2D eigenvalue weighted by atomic mass is 19.1. The van der Waals surface area contributed by atoms with Crippen LogP contribution in [-0.2, 0) is 4.79 Å². The number of amides is 1. The number of methoxy groups -OCH3 is 1. The fraction of sp³-hybridized carbons (Fsp3) is 0.222. The van der Waals surface area contributed by atoms with Gasteiger partial charge >= 0.3 is 0 Å². The molecule has 38 heavy (non-hydrogen) atoms. The van der Waals surface area contributed by atoms with Crippen LogP contribution in [0.15, 0.2) is 67.6 Å². The molecule has 194 valence electrons. The second kappa shape index (κ2) is 11.2. The number of rotatable bonds is 10. The number of nitrogens with zero attached hydrogens (tertiary/aromatic N) is 5. The largest absolute Gasteiger partial charge is 0.494 e. The van der Waals surface area contributed by atoms with Gasteiger partial charge in [0.1, 0.15) is 23.6 Å². The molecule has 0 spiro atoms. The van der Waals surface area contributed by atoms with Gasteiger partial charge in [0.15, 0.2) is 0 Å². The molecule has 0 atom stereocenters. The predicted octanol–water partition coefficient (Wildman–Crippen LogP) is 4.03. The van der Waals surface area contributed by atoms with Crippen LogP contribution in [0.2, 0.25) is 0 Å². The number of benzene rings is 1. The van der Waals surface area contributed by atoms with E-state index in [1.165, 1.54) is 6.08 Å². The first-order valence-electron chi connectivity index (χ1n) is 12.1. The number of pyridine rings is 2. The van der Waals surface area contributed by atoms with E-state index in [1.54, 1.807) is 37.8 Å². The number of nitrogens with one attached hydrogen (secondary N) is 3. The van der Waals surface area contributed by atoms with Crippen molar-refractivity contribution in [3.05, 3.63) is 67.6 Å². The summed E-state index contributed by atoms with van der Waals surface area (Å²) in [5.41, 5.74) is 3.89. The molecule has 1 amide bonds. The fourth-order valence-electron chi connectivity index (χ4n) is 4.24. The lowest BCUT2D eigenvalue weighted by Gasteiger charge is -2.39. The summed E-state index contributed by atoms with van der Waals surface area (Å²) < 4.78 is 18.1. The second-order valence-corrected chi connectivity index (χ2v) is 8.74. The summed E-state index contributed by atoms with van der Waals surface area (Å²) in [6.45, 7) is 5.25. The van der Waals surface area contributed by atoms with Crippen molar-refractivity contribution in [3.8, 4) is 17.1 Å². The number of aromatic nitrogens is 4. The van der Waals surface area contributed by atoms with E-state index in [0.29, 0.717) is 46.5 Å². The average Bonchev–Trinajstić information content (AvgIpc) is 2.92. The molecule has 5 rings (SSSR count). The van der Waals surface area contributed by atoms with Crippen molar-refractivity contribution < 1.29 is 13.9 Å². The third-order valence-electron chi connectivity index (χ3n) is 6.13. The maximum Gasteiger partial charge on any atom is 0.247 e. The zero-order valence-electron chi connectivity index (χ0n) is 20.8. The number of hydrogen-bond acceptors (Lipinski definition) is 9. The maximum atomic E-state index is 12.5. The van der Waals surface area contributed by atoms with Crippen molar-refractivity contribution in [1.82, 2.24) is 24.8 Å². The van der Waals surface area contributed by atoms with Crippen molar-refractivity contribution in [2.75, 3.05) is 49.4 Å². The Kier molecular flexibility index (Phi) is 7.36. The number of ether oxygens (including phenoxy) is 1. The van der Waals surface area contributed by atoms with Crippen LogP contribution >= 0.6 is 0 Å². The van der Waals surface area contributed by atoms with E-state index in [9.17, 15) is 9.18 Å². The van der Waals surface area contributed by atoms with E-state index in [2.05, 4.69) is 42.4 Å². The first kappa shape index (κ1) is 25.0. The molecule has 4 aromatic rings. The Hall–Kier alpha value is -4.64. The summed E-state index contributed by atoms with van der Waals surface area (Å²) in [5.74, 6) is 0.670. The van der Waals surface area contributed by atoms with Crippen molar-refractivity contribution >= 4 is 39.8 Å². The Morgan fingerprint density at radius 2 is 2.00 bits per heavy atom. The molecule has 4 heterocycles. The van der Waals surface area contributed by atoms with E-state index in [4.69, 9.17) is 9.72 Å². The Morgan fingerprint density at radius 3 is 2.79 bits per heavy atom. The molecule has 11 heteroatoms. The van der Waals surface area contributed by atoms with Gasteiger partial charge in [-0.2, -0.15) is 0 Å². The fourth-order valence-corrected chi connectivity index (χ4v) is 4.24. The highest BCUT2D eigenvalue weighted by Crippen LogP contribution is 2.32. The third-order valence-corrected chi connectivity index (χ3v) is 6.13. The van der Waals surface area contributed by atoms with Gasteiger partial charge in [-0.1, -0.05) is 6.58 Å². The van der Waals surface area contributed by atoms with Crippen LogP contribution in [0.4, 0.5) is 27.4 Å². The van der Waals surface area contributed by atoms with Crippen LogP contribution in [0.1, 0.15) is 0 Å². The molecular weight excluding hydrogens is 487 g/mol. The van der Waals surface area contributed by atoms with Gasteiger partial charge in [-0.25, -0.2) is 14.4 Å². The Morgan fingerprint density at radius 1 is 1.16 bits per heavy atom. The molecule has 3 aromatic heterocycles. The lowest BCUT2D eigenvalue weighted by molar-refractivity contribution is -0.111. The molecule has 0 bridgehead atoms. The van der Waals surface area contributed by atoms with Crippen LogP contribution < -0.4 is 20.7 Å². The van der Waals surface area contributed by atoms with E-state index in [-0.39, 0.29) is 18.6 Å². The average molecular weight is 515 g/mol. The normalized spacial score (nSPS) is 13.5. The topological polar surface area (TPSA) is 117 Å². The second-order valence-electron chi connectivity index (χ2n) is 8.74. The minimum Gasteiger partial charge on any atom is -0.494 e. The smallest absolute Gasteiger partial charge is 0.247 e. The summed E-state index contributed by atoms with van der Waals surface area (Å²) >= 11 is 0. The molecule has 1 saturated heterocycles. The van der Waals surface area contributed by atoms with Gasteiger partial charge < -0.3 is 20.7 Å². The van der Waals surface area contributed by atoms with Gasteiger partial charge in [0.2, 0.25) is 11.9 Å². The van der Waals surface area contributed by atoms with Crippen molar-refractivity contribution in [2.45, 2.75) is 6.04 Å². The van der Waals surface area contributed by atoms with Gasteiger partial charge in [0.05, 0.1) is 24.5 Å². The van der Waals surface area contributed by atoms with Crippen LogP contribution in [-0.4, -0.2) is 70.2 Å². The number of halogens is 1. The summed E-state index contributed by atoms with van der Waals surface area (Å²) in [7, 11) is 1.60. The Bertz CT molecular complexity index is 1470. The summed E-state index contributed by atoms with van der Waals surface area (Å²) in [5, 5.41) is 10.2. The first-order valence-corrected chi connectivity index (χ1v) is 12.1. The molecule has 1 fully saturated rings. The monoisotopic (exact) mass is 514 g/mol. The molecule has 10 nitrogen and oxygen atoms in total. The predicted molar refractivity (Wildman–Crippen MR) is 145 cm³/mol. The standard InChI is InChI=1S/C27H27FN8O2/c1-3-24(37)33-19-7-10-29-22(12-19)26-25-17(6-9-30-26)14-31-27(35-25)34-21-5-4-18(13-23(21)38-2)32-20-15-36(16-20)11-8-28/h3-7,9-10,12-14,20,32H,1,8,11,15-16H2,2H3,(H,29,33,37)(H,31,34,35). The number of carbonyl (C=O) groups is 1. The van der Waals surface area contributed by atoms with Crippen LogP contribution in [0.5, 0.6) is 5.75 Å². The van der Waals surface area contributed by atoms with Gasteiger partial charge in [-0.3, -0.25) is 19.7 Å². The lowest BCUT2D eigenvalue weighted by Crippen LogP contribution is -2.55. The number of hydrogen-bond donors (Lipinski definition) is 3. The first-order chi connectivity index (χ1) is 18.6. The summed E-state index contributed by atoms with van der Waals surface area (Å²) in [6.07, 6.45) is 6.17. The Balaban J connectivity index is 1.38. The minimum atomic E-state index is -0.327. The summed E-state index contributed by atoms with van der Waals surface area (Å²) in [6, 6.07) is 11.3. The van der Waals surface area contributed by atoms with Crippen LogP contribution in [0.25, 0.3) is 22.3 Å². The van der Waals surface area contributed by atoms with Gasteiger partial charge in [0, 0.05) is 61.1 Å². The van der Waals surface area contributed by atoms with Crippen LogP contribution in [0.3, 0.4) is 0 Å². The minimum absolute atomic E-state index is 0.275. The van der Waals surface area contributed by atoms with Crippen molar-refractivity contribution in [3.63, 3.8) is 0 Å². The number of fused-ring (bicyclic) bond motifs is 1. The van der Waals surface area contributed by atoms with Gasteiger partial charge in [-0.05, 0) is 36.4 Å². The molecule has 1 aliphatic heterocycles. The molecule has 3 N–H and O–H groups in total. The van der Waals surface area contributed by atoms with E-state index < -0.39 is 0 Å². The van der Waals surface area contributed by atoms with Gasteiger partial charge in [0.25, 0.3) is 0 Å². The molecule has 0 aliphatic carbocycles. The number of alkyl halides is 1. The molecule has 1 aromatic carbocycles. The third kappa shape index (κ3) is 5.52. The zero-order valence-corrected chi connectivity index (χ0v) is 20.8. The summed E-state index contributed by atoms with van der Waals surface area (Å²) in [4.78, 5) is 31.9. The molecule has 0 radical (unpaired) electrons. The van der Waals surface area contributed by atoms with Crippen molar-refractivity contribution in [1.29, 1.82) is 0 Å². The highest BCUT2D eigenvalue weighted by molar-refractivity contribution is 5.99. The highest BCUT2D eigenvalue weighted by Gasteiger charge is 2.26. The lowest BCUT2D eigenvalue weighted by atomic mass is 10.1. The van der Waals surface area contributed by atoms with E-state index in [0.717, 1.165) is 24.2 Å². The zero-order chi connectivity index (χ0) is 26.5. The molecular formula is C27H27FN8O2. The van der Waals surface area contributed by atoms with Crippen LogP contribution in [0, 0.1) is 0 Å². The number of anilines is 4. The van der Waals surface area contributed by atoms with Crippen molar-refractivity contribution in [2.24, 2.45) is 0 Å². The molecule has 0 unspecified atom stereocenters. The molecule has 1 aliphatic rings. The van der Waals surface area contributed by atoms with Gasteiger partial charge in [-0.15, -0.1) is 0 Å². The number of carbonyl (C=O) groups excluding carboxylic acids is 1. The van der Waals surface area contributed by atoms with E-state index in [1.807, 2.05) is 24.3 Å². The quantitative estimate of drug-likeness (QED) is 0.270. The SMILES string of the molecule is C=CC(=O)Nc1ccnc(-c2nccc3cnc(Nc4ccc(NC5CN(CCF)C5)cc4OC)nc23)c1. The number of likely N-dealkylation sites (tertiary alicyclic amines) is 1. The molecule has 0 saturated carbocycles. The maximum absolute atomic E-state index is 12.5. The Labute approximate surface area is 219 Å². The van der Waals surface area contributed by atoms with E-state index >= 15 is 0 Å².